The number of nitrogens with one attached hydrogen (secondary N) is 1. The fourth-order valence-electron chi connectivity index (χ4n) is 1.77. The van der Waals surface area contributed by atoms with Crippen LogP contribution in [-0.4, -0.2) is 40.5 Å². The number of nitrogens with zero attached hydrogens (tertiary/aromatic N) is 1. The van der Waals surface area contributed by atoms with Gasteiger partial charge in [-0.15, -0.1) is 0 Å². The first-order chi connectivity index (χ1) is 8.81. The molecule has 19 heavy (non-hydrogen) atoms. The Labute approximate surface area is 115 Å². The largest absolute Gasteiger partial charge is 0.399 e. The highest BCUT2D eigenvalue weighted by molar-refractivity contribution is 7.89. The van der Waals surface area contributed by atoms with E-state index in [1.54, 1.807) is 12.1 Å². The van der Waals surface area contributed by atoms with Gasteiger partial charge >= 0.3 is 0 Å². The van der Waals surface area contributed by atoms with Gasteiger partial charge in [0.15, 0.2) is 0 Å². The monoisotopic (exact) mass is 285 g/mol. The van der Waals surface area contributed by atoms with Crippen molar-refractivity contribution in [2.24, 2.45) is 0 Å². The van der Waals surface area contributed by atoms with Gasteiger partial charge in [0.2, 0.25) is 10.0 Å². The van der Waals surface area contributed by atoms with E-state index in [-0.39, 0.29) is 4.90 Å². The Bertz CT molecular complexity index is 492. The van der Waals surface area contributed by atoms with Crippen LogP contribution < -0.4 is 10.5 Å². The van der Waals surface area contributed by atoms with Gasteiger partial charge in [-0.2, -0.15) is 0 Å². The normalized spacial score (nSPS) is 12.0. The van der Waals surface area contributed by atoms with Crippen LogP contribution in [0.5, 0.6) is 0 Å². The summed E-state index contributed by atoms with van der Waals surface area (Å²) in [6.07, 6.45) is 1.78. The quantitative estimate of drug-likeness (QED) is 0.583. The Morgan fingerprint density at radius 3 is 2.47 bits per heavy atom. The molecule has 0 radical (unpaired) electrons. The SMILES string of the molecule is Cc1cc(N)cc(S(=O)(=O)NCCCCN(C)C)c1. The second kappa shape index (κ2) is 6.88. The zero-order valence-corrected chi connectivity index (χ0v) is 12.6. The molecule has 0 aliphatic rings. The summed E-state index contributed by atoms with van der Waals surface area (Å²) in [5.74, 6) is 0. The third-order valence-corrected chi connectivity index (χ3v) is 4.15. The predicted molar refractivity (Wildman–Crippen MR) is 78.6 cm³/mol. The van der Waals surface area contributed by atoms with Crippen LogP contribution >= 0.6 is 0 Å². The molecule has 0 aromatic heterocycles. The van der Waals surface area contributed by atoms with E-state index >= 15 is 0 Å². The number of benzene rings is 1. The third-order valence-electron chi connectivity index (χ3n) is 2.71. The molecule has 6 heteroatoms. The molecule has 0 amide bonds. The number of nitrogens with two attached hydrogens (primary N) is 1. The molecule has 1 aromatic carbocycles. The van der Waals surface area contributed by atoms with E-state index < -0.39 is 10.0 Å². The number of anilines is 1. The third kappa shape index (κ3) is 5.59. The summed E-state index contributed by atoms with van der Waals surface area (Å²) in [5, 5.41) is 0. The molecule has 1 rings (SSSR count). The van der Waals surface area contributed by atoms with Crippen molar-refractivity contribution in [3.05, 3.63) is 23.8 Å². The molecule has 5 nitrogen and oxygen atoms in total. The minimum atomic E-state index is -3.45. The van der Waals surface area contributed by atoms with Crippen LogP contribution in [-0.2, 0) is 10.0 Å². The van der Waals surface area contributed by atoms with Gasteiger partial charge in [0.05, 0.1) is 4.90 Å². The molecule has 0 saturated heterocycles. The van der Waals surface area contributed by atoms with E-state index in [1.165, 1.54) is 6.07 Å². The Hall–Kier alpha value is -1.11. The van der Waals surface area contributed by atoms with Crippen LogP contribution in [0.4, 0.5) is 5.69 Å². The highest BCUT2D eigenvalue weighted by Crippen LogP contribution is 2.16. The number of aryl methyl sites for hydroxylation is 1. The van der Waals surface area contributed by atoms with E-state index in [2.05, 4.69) is 9.62 Å². The standard InChI is InChI=1S/C13H23N3O2S/c1-11-8-12(14)10-13(9-11)19(17,18)15-6-4-5-7-16(2)3/h8-10,15H,4-7,14H2,1-3H3. The van der Waals surface area contributed by atoms with Crippen LogP contribution in [0, 0.1) is 6.92 Å². The lowest BCUT2D eigenvalue weighted by molar-refractivity contribution is 0.394. The Balaban J connectivity index is 2.56. The van der Waals surface area contributed by atoms with E-state index in [0.29, 0.717) is 12.2 Å². The Morgan fingerprint density at radius 2 is 1.89 bits per heavy atom. The van der Waals surface area contributed by atoms with Gasteiger partial charge in [-0.1, -0.05) is 0 Å². The number of nitrogen functional groups attached to an aromatic ring is 1. The van der Waals surface area contributed by atoms with E-state index in [0.717, 1.165) is 24.9 Å². The molecule has 0 saturated carbocycles. The summed E-state index contributed by atoms with van der Waals surface area (Å²) in [4.78, 5) is 2.31. The van der Waals surface area contributed by atoms with Gasteiger partial charge in [-0.05, 0) is 64.2 Å². The van der Waals surface area contributed by atoms with E-state index in [9.17, 15) is 8.42 Å². The number of rotatable bonds is 7. The lowest BCUT2D eigenvalue weighted by Gasteiger charge is -2.10. The second-order valence-electron chi connectivity index (χ2n) is 4.99. The van der Waals surface area contributed by atoms with Crippen LogP contribution in [0.25, 0.3) is 0 Å². The molecule has 0 spiro atoms. The van der Waals surface area contributed by atoms with Crippen LogP contribution in [0.3, 0.4) is 0 Å². The molecule has 0 fully saturated rings. The molecular formula is C13H23N3O2S. The number of unbranched alkanes of at least 4 members (excludes halogenated alkanes) is 1. The molecule has 0 atom stereocenters. The first-order valence-corrected chi connectivity index (χ1v) is 7.81. The summed E-state index contributed by atoms with van der Waals surface area (Å²) in [6, 6.07) is 4.85. The van der Waals surface area contributed by atoms with Crippen molar-refractivity contribution < 1.29 is 8.42 Å². The lowest BCUT2D eigenvalue weighted by atomic mass is 10.2. The van der Waals surface area contributed by atoms with Crippen LogP contribution in [0.1, 0.15) is 18.4 Å². The second-order valence-corrected chi connectivity index (χ2v) is 6.75. The maximum Gasteiger partial charge on any atom is 0.240 e. The van der Waals surface area contributed by atoms with Crippen LogP contribution in [0.2, 0.25) is 0 Å². The smallest absolute Gasteiger partial charge is 0.240 e. The fourth-order valence-corrected chi connectivity index (χ4v) is 2.99. The van der Waals surface area contributed by atoms with Gasteiger partial charge in [0.1, 0.15) is 0 Å². The molecule has 0 heterocycles. The summed E-state index contributed by atoms with van der Waals surface area (Å²) in [7, 11) is 0.550. The number of hydrogen-bond acceptors (Lipinski definition) is 4. The minimum Gasteiger partial charge on any atom is -0.399 e. The average molecular weight is 285 g/mol. The first kappa shape index (κ1) is 15.9. The highest BCUT2D eigenvalue weighted by Gasteiger charge is 2.14. The van der Waals surface area contributed by atoms with Crippen molar-refractivity contribution >= 4 is 15.7 Å². The Morgan fingerprint density at radius 1 is 1.21 bits per heavy atom. The minimum absolute atomic E-state index is 0.234. The lowest BCUT2D eigenvalue weighted by Crippen LogP contribution is -2.25. The van der Waals surface area contributed by atoms with Gasteiger partial charge in [0, 0.05) is 12.2 Å². The van der Waals surface area contributed by atoms with Crippen molar-refractivity contribution in [2.75, 3.05) is 32.9 Å². The van der Waals surface area contributed by atoms with Gasteiger partial charge in [-0.25, -0.2) is 13.1 Å². The zero-order valence-electron chi connectivity index (χ0n) is 11.8. The summed E-state index contributed by atoms with van der Waals surface area (Å²) in [6.45, 7) is 3.23. The van der Waals surface area contributed by atoms with Crippen molar-refractivity contribution in [3.63, 3.8) is 0 Å². The van der Waals surface area contributed by atoms with Crippen molar-refractivity contribution in [2.45, 2.75) is 24.7 Å². The predicted octanol–water partition coefficient (Wildman–Crippen LogP) is 1.20. The molecule has 0 bridgehead atoms. The summed E-state index contributed by atoms with van der Waals surface area (Å²) in [5.41, 5.74) is 6.97. The fraction of sp³-hybridized carbons (Fsp3) is 0.538. The van der Waals surface area contributed by atoms with Crippen LogP contribution in [0.15, 0.2) is 23.1 Å². The van der Waals surface area contributed by atoms with Crippen molar-refractivity contribution in [1.29, 1.82) is 0 Å². The molecule has 0 unspecified atom stereocenters. The van der Waals surface area contributed by atoms with E-state index in [1.807, 2.05) is 21.0 Å². The van der Waals surface area contributed by atoms with Crippen molar-refractivity contribution in [3.8, 4) is 0 Å². The zero-order chi connectivity index (χ0) is 14.5. The van der Waals surface area contributed by atoms with E-state index in [4.69, 9.17) is 5.73 Å². The Kier molecular flexibility index (Phi) is 5.78. The molecule has 108 valence electrons. The maximum absolute atomic E-state index is 12.1. The number of hydrogen-bond donors (Lipinski definition) is 2. The number of sulfonamides is 1. The van der Waals surface area contributed by atoms with Gasteiger partial charge in [0.25, 0.3) is 0 Å². The maximum atomic E-state index is 12.1. The topological polar surface area (TPSA) is 75.4 Å². The molecule has 0 aliphatic carbocycles. The first-order valence-electron chi connectivity index (χ1n) is 6.33. The van der Waals surface area contributed by atoms with Gasteiger partial charge < -0.3 is 10.6 Å². The molecule has 0 aliphatic heterocycles. The molecular weight excluding hydrogens is 262 g/mol. The van der Waals surface area contributed by atoms with Gasteiger partial charge in [-0.3, -0.25) is 0 Å². The summed E-state index contributed by atoms with van der Waals surface area (Å²) >= 11 is 0. The highest BCUT2D eigenvalue weighted by atomic mass is 32.2. The molecule has 3 N–H and O–H groups in total. The molecule has 1 aromatic rings. The summed E-state index contributed by atoms with van der Waals surface area (Å²) < 4.78 is 26.7. The average Bonchev–Trinajstić information content (AvgIpc) is 2.26. The van der Waals surface area contributed by atoms with Crippen molar-refractivity contribution in [1.82, 2.24) is 9.62 Å².